The number of fused-ring (bicyclic) bond motifs is 2. The minimum absolute atomic E-state index is 0.0994. The maximum Gasteiger partial charge on any atom is 0.275 e. The average molecular weight is 217 g/mol. The number of carbonyl (C=O) groups excluding carboxylic acids is 2. The van der Waals surface area contributed by atoms with Crippen LogP contribution in [0.5, 0.6) is 0 Å². The highest BCUT2D eigenvalue weighted by Gasteiger charge is 2.38. The zero-order chi connectivity index (χ0) is 11.1. The van der Waals surface area contributed by atoms with Crippen LogP contribution in [0, 0.1) is 0 Å². The van der Waals surface area contributed by atoms with Crippen LogP contribution in [0.15, 0.2) is 18.3 Å². The summed E-state index contributed by atoms with van der Waals surface area (Å²) in [4.78, 5) is 29.7. The number of anilines is 1. The van der Waals surface area contributed by atoms with Crippen molar-refractivity contribution < 1.29 is 9.59 Å². The Morgan fingerprint density at radius 1 is 1.44 bits per heavy atom. The Hall–Kier alpha value is -1.91. The summed E-state index contributed by atoms with van der Waals surface area (Å²) in [6, 6.07) is 3.10. The number of carbonyl (C=O) groups is 2. The largest absolute Gasteiger partial charge is 0.325 e. The topological polar surface area (TPSA) is 62.3 Å². The first-order valence-corrected chi connectivity index (χ1v) is 5.34. The summed E-state index contributed by atoms with van der Waals surface area (Å²) in [5.74, 6) is -0.242. The first-order valence-electron chi connectivity index (χ1n) is 5.34. The van der Waals surface area contributed by atoms with Gasteiger partial charge in [-0.15, -0.1) is 0 Å². The smallest absolute Gasteiger partial charge is 0.275 e. The van der Waals surface area contributed by atoms with Crippen molar-refractivity contribution in [2.75, 3.05) is 11.9 Å². The number of rotatable bonds is 0. The summed E-state index contributed by atoms with van der Waals surface area (Å²) in [5, 5.41) is 2.76. The highest BCUT2D eigenvalue weighted by molar-refractivity contribution is 6.08. The predicted molar refractivity (Wildman–Crippen MR) is 56.9 cm³/mol. The summed E-state index contributed by atoms with van der Waals surface area (Å²) in [6.07, 6.45) is 3.19. The van der Waals surface area contributed by atoms with Crippen molar-refractivity contribution in [3.8, 4) is 0 Å². The van der Waals surface area contributed by atoms with Crippen molar-refractivity contribution in [3.63, 3.8) is 0 Å². The third-order valence-electron chi connectivity index (χ3n) is 3.08. The van der Waals surface area contributed by atoms with Gasteiger partial charge in [0.05, 0.1) is 5.69 Å². The van der Waals surface area contributed by atoms with E-state index < -0.39 is 0 Å². The average Bonchev–Trinajstić information content (AvgIpc) is 2.74. The number of pyridine rings is 1. The van der Waals surface area contributed by atoms with Gasteiger partial charge in [0.15, 0.2) is 5.69 Å². The van der Waals surface area contributed by atoms with Crippen LogP contribution in [0.4, 0.5) is 5.69 Å². The lowest BCUT2D eigenvalue weighted by Crippen LogP contribution is -2.40. The SMILES string of the molecule is O=C1Nc2cccnc2C(=O)N2CCC[C@@H]12. The molecule has 0 unspecified atom stereocenters. The number of amides is 2. The molecule has 5 heteroatoms. The van der Waals surface area contributed by atoms with Crippen LogP contribution >= 0.6 is 0 Å². The first-order chi connectivity index (χ1) is 7.77. The summed E-state index contributed by atoms with van der Waals surface area (Å²) >= 11 is 0. The number of hydrogen-bond donors (Lipinski definition) is 1. The van der Waals surface area contributed by atoms with Gasteiger partial charge < -0.3 is 10.2 Å². The Morgan fingerprint density at radius 2 is 2.31 bits per heavy atom. The molecule has 82 valence electrons. The molecule has 3 rings (SSSR count). The van der Waals surface area contributed by atoms with E-state index in [0.717, 1.165) is 12.8 Å². The van der Waals surface area contributed by atoms with E-state index in [2.05, 4.69) is 10.3 Å². The zero-order valence-corrected chi connectivity index (χ0v) is 8.64. The van der Waals surface area contributed by atoms with E-state index in [1.165, 1.54) is 0 Å². The molecular formula is C11H11N3O2. The van der Waals surface area contributed by atoms with E-state index >= 15 is 0 Å². The maximum absolute atomic E-state index is 12.1. The number of aromatic nitrogens is 1. The minimum atomic E-state index is -0.318. The maximum atomic E-state index is 12.1. The fourth-order valence-electron chi connectivity index (χ4n) is 2.31. The molecule has 5 nitrogen and oxygen atoms in total. The Bertz CT molecular complexity index is 472. The Balaban J connectivity index is 2.11. The number of hydrogen-bond acceptors (Lipinski definition) is 3. The van der Waals surface area contributed by atoms with Gasteiger partial charge in [-0.1, -0.05) is 0 Å². The van der Waals surface area contributed by atoms with Gasteiger partial charge in [0.25, 0.3) is 5.91 Å². The van der Waals surface area contributed by atoms with Crippen LogP contribution < -0.4 is 5.32 Å². The summed E-state index contributed by atoms with van der Waals surface area (Å²) in [7, 11) is 0. The van der Waals surface area contributed by atoms with Crippen molar-refractivity contribution >= 4 is 17.5 Å². The molecule has 3 heterocycles. The highest BCUT2D eigenvalue weighted by atomic mass is 16.2. The molecular weight excluding hydrogens is 206 g/mol. The van der Waals surface area contributed by atoms with E-state index in [1.807, 2.05) is 0 Å². The fraction of sp³-hybridized carbons (Fsp3) is 0.364. The molecule has 0 spiro atoms. The molecule has 1 N–H and O–H groups in total. The van der Waals surface area contributed by atoms with Crippen LogP contribution in [0.3, 0.4) is 0 Å². The van der Waals surface area contributed by atoms with Gasteiger partial charge in [-0.2, -0.15) is 0 Å². The van der Waals surface area contributed by atoms with Crippen molar-refractivity contribution in [3.05, 3.63) is 24.0 Å². The van der Waals surface area contributed by atoms with E-state index in [1.54, 1.807) is 23.2 Å². The lowest BCUT2D eigenvalue weighted by atomic mass is 10.2. The second-order valence-corrected chi connectivity index (χ2v) is 4.05. The Labute approximate surface area is 92.5 Å². The fourth-order valence-corrected chi connectivity index (χ4v) is 2.31. The first kappa shape index (κ1) is 9.33. The Kier molecular flexibility index (Phi) is 1.92. The quantitative estimate of drug-likeness (QED) is 0.693. The molecule has 0 aliphatic carbocycles. The third-order valence-corrected chi connectivity index (χ3v) is 3.08. The molecule has 0 radical (unpaired) electrons. The molecule has 1 saturated heterocycles. The van der Waals surface area contributed by atoms with Gasteiger partial charge in [0.2, 0.25) is 5.91 Å². The minimum Gasteiger partial charge on any atom is -0.325 e. The van der Waals surface area contributed by atoms with Crippen LogP contribution in [-0.4, -0.2) is 34.3 Å². The van der Waals surface area contributed by atoms with Crippen molar-refractivity contribution in [1.82, 2.24) is 9.88 Å². The predicted octanol–water partition coefficient (Wildman–Crippen LogP) is 0.638. The van der Waals surface area contributed by atoms with Crippen molar-refractivity contribution in [1.29, 1.82) is 0 Å². The standard InChI is InChI=1S/C11H11N3O2/c15-10-8-4-2-6-14(8)11(16)9-7(13-10)3-1-5-12-9/h1,3,5,8H,2,4,6H2,(H,13,15)/t8-/m0/s1. The highest BCUT2D eigenvalue weighted by Crippen LogP contribution is 2.26. The lowest BCUT2D eigenvalue weighted by molar-refractivity contribution is -0.119. The van der Waals surface area contributed by atoms with Crippen LogP contribution in [-0.2, 0) is 4.79 Å². The summed E-state index contributed by atoms with van der Waals surface area (Å²) < 4.78 is 0. The van der Waals surface area contributed by atoms with Gasteiger partial charge in [-0.25, -0.2) is 4.98 Å². The molecule has 0 saturated carbocycles. The molecule has 16 heavy (non-hydrogen) atoms. The molecule has 2 amide bonds. The second kappa shape index (κ2) is 3.30. The van der Waals surface area contributed by atoms with Crippen LogP contribution in [0.2, 0.25) is 0 Å². The van der Waals surface area contributed by atoms with E-state index in [4.69, 9.17) is 0 Å². The van der Waals surface area contributed by atoms with Gasteiger partial charge in [-0.3, -0.25) is 9.59 Å². The van der Waals surface area contributed by atoms with Crippen LogP contribution in [0.25, 0.3) is 0 Å². The number of nitrogens with one attached hydrogen (secondary N) is 1. The normalized spacial score (nSPS) is 23.5. The molecule has 2 aliphatic heterocycles. The molecule has 0 bridgehead atoms. The number of nitrogens with zero attached hydrogens (tertiary/aromatic N) is 2. The van der Waals surface area contributed by atoms with Crippen molar-refractivity contribution in [2.24, 2.45) is 0 Å². The Morgan fingerprint density at radius 3 is 3.19 bits per heavy atom. The zero-order valence-electron chi connectivity index (χ0n) is 8.64. The third kappa shape index (κ3) is 1.21. The van der Waals surface area contributed by atoms with Gasteiger partial charge >= 0.3 is 0 Å². The monoisotopic (exact) mass is 217 g/mol. The summed E-state index contributed by atoms with van der Waals surface area (Å²) in [6.45, 7) is 0.646. The van der Waals surface area contributed by atoms with Gasteiger partial charge in [0, 0.05) is 12.7 Å². The van der Waals surface area contributed by atoms with Crippen LogP contribution in [0.1, 0.15) is 23.3 Å². The molecule has 0 aromatic carbocycles. The summed E-state index contributed by atoms with van der Waals surface area (Å²) in [5.41, 5.74) is 0.868. The molecule has 1 atom stereocenters. The molecule has 2 aliphatic rings. The second-order valence-electron chi connectivity index (χ2n) is 4.05. The van der Waals surface area contributed by atoms with E-state index in [9.17, 15) is 9.59 Å². The lowest BCUT2D eigenvalue weighted by Gasteiger charge is -2.19. The molecule has 1 aromatic rings. The van der Waals surface area contributed by atoms with E-state index in [0.29, 0.717) is 17.9 Å². The van der Waals surface area contributed by atoms with Crippen molar-refractivity contribution in [2.45, 2.75) is 18.9 Å². The molecule has 1 fully saturated rings. The van der Waals surface area contributed by atoms with Gasteiger partial charge in [-0.05, 0) is 25.0 Å². The molecule has 1 aromatic heterocycles. The van der Waals surface area contributed by atoms with Gasteiger partial charge in [0.1, 0.15) is 6.04 Å². The van der Waals surface area contributed by atoms with E-state index in [-0.39, 0.29) is 17.9 Å².